The first-order chi connectivity index (χ1) is 13.2. The van der Waals surface area contributed by atoms with Crippen molar-refractivity contribution >= 4 is 11.8 Å². The van der Waals surface area contributed by atoms with Gasteiger partial charge in [-0.1, -0.05) is 62.1 Å². The lowest BCUT2D eigenvalue weighted by Crippen LogP contribution is -2.34. The van der Waals surface area contributed by atoms with Gasteiger partial charge in [0.15, 0.2) is 0 Å². The maximum Gasteiger partial charge on any atom is 0.251 e. The van der Waals surface area contributed by atoms with Crippen molar-refractivity contribution in [1.29, 1.82) is 0 Å². The van der Waals surface area contributed by atoms with E-state index in [0.29, 0.717) is 17.7 Å². The molecule has 0 heterocycles. The number of benzene rings is 2. The molecule has 4 nitrogen and oxygen atoms in total. The number of amides is 2. The van der Waals surface area contributed by atoms with Crippen LogP contribution in [0.15, 0.2) is 54.6 Å². The molecule has 3 rings (SSSR count). The van der Waals surface area contributed by atoms with Gasteiger partial charge in [0.1, 0.15) is 0 Å². The molecule has 4 heteroatoms. The molecule has 0 unspecified atom stereocenters. The summed E-state index contributed by atoms with van der Waals surface area (Å²) in [5.74, 6) is -0.226. The summed E-state index contributed by atoms with van der Waals surface area (Å²) in [6.45, 7) is 0.571. The van der Waals surface area contributed by atoms with Crippen LogP contribution in [0.2, 0.25) is 0 Å². The fraction of sp³-hybridized carbons (Fsp3) is 0.391. The summed E-state index contributed by atoms with van der Waals surface area (Å²) in [5.41, 5.74) is 2.26. The van der Waals surface area contributed by atoms with Crippen LogP contribution >= 0.6 is 0 Å². The Morgan fingerprint density at radius 1 is 0.815 bits per heavy atom. The van der Waals surface area contributed by atoms with Crippen LogP contribution in [0.25, 0.3) is 0 Å². The number of rotatable bonds is 6. The van der Waals surface area contributed by atoms with E-state index in [0.717, 1.165) is 19.3 Å². The second-order valence-corrected chi connectivity index (χ2v) is 7.23. The van der Waals surface area contributed by atoms with E-state index in [1.807, 2.05) is 30.3 Å². The Kier molecular flexibility index (Phi) is 7.03. The monoisotopic (exact) mass is 364 g/mol. The van der Waals surface area contributed by atoms with E-state index in [-0.39, 0.29) is 17.9 Å². The van der Waals surface area contributed by atoms with Gasteiger partial charge in [-0.05, 0) is 43.0 Å². The maximum absolute atomic E-state index is 12.6. The van der Waals surface area contributed by atoms with Crippen LogP contribution in [0.1, 0.15) is 64.8 Å². The van der Waals surface area contributed by atoms with E-state index in [1.165, 1.54) is 31.2 Å². The summed E-state index contributed by atoms with van der Waals surface area (Å²) in [6.07, 6.45) is 7.74. The Hall–Kier alpha value is -2.62. The Labute approximate surface area is 161 Å². The predicted octanol–water partition coefficient (Wildman–Crippen LogP) is 4.11. The van der Waals surface area contributed by atoms with Crippen molar-refractivity contribution < 1.29 is 9.59 Å². The first-order valence-electron chi connectivity index (χ1n) is 9.95. The molecule has 2 aromatic carbocycles. The molecule has 0 saturated heterocycles. The van der Waals surface area contributed by atoms with Gasteiger partial charge in [-0.15, -0.1) is 0 Å². The van der Waals surface area contributed by atoms with Crippen LogP contribution in [0.4, 0.5) is 0 Å². The highest BCUT2D eigenvalue weighted by molar-refractivity contribution is 5.99. The van der Waals surface area contributed by atoms with E-state index in [1.54, 1.807) is 24.3 Å². The van der Waals surface area contributed by atoms with Crippen LogP contribution < -0.4 is 10.6 Å². The Morgan fingerprint density at radius 2 is 1.48 bits per heavy atom. The molecule has 1 aliphatic carbocycles. The molecule has 2 N–H and O–H groups in total. The number of carbonyl (C=O) groups excluding carboxylic acids is 2. The van der Waals surface area contributed by atoms with Gasteiger partial charge in [0.05, 0.1) is 0 Å². The Balaban J connectivity index is 1.54. The van der Waals surface area contributed by atoms with E-state index in [4.69, 9.17) is 0 Å². The molecule has 1 saturated carbocycles. The third-order valence-corrected chi connectivity index (χ3v) is 5.12. The zero-order valence-electron chi connectivity index (χ0n) is 15.7. The minimum Gasteiger partial charge on any atom is -0.352 e. The van der Waals surface area contributed by atoms with Gasteiger partial charge in [0.2, 0.25) is 0 Å². The van der Waals surface area contributed by atoms with E-state index in [9.17, 15) is 9.59 Å². The second kappa shape index (κ2) is 9.91. The van der Waals surface area contributed by atoms with Crippen LogP contribution in [0.5, 0.6) is 0 Å². The van der Waals surface area contributed by atoms with Crippen LogP contribution in [0, 0.1) is 0 Å². The molecule has 0 spiro atoms. The third-order valence-electron chi connectivity index (χ3n) is 5.12. The molecule has 1 aliphatic rings. The number of carbonyl (C=O) groups is 2. The molecule has 142 valence electrons. The van der Waals surface area contributed by atoms with Crippen molar-refractivity contribution in [3.05, 3.63) is 71.3 Å². The van der Waals surface area contributed by atoms with Crippen molar-refractivity contribution in [3.63, 3.8) is 0 Å². The van der Waals surface area contributed by atoms with Crippen molar-refractivity contribution in [2.75, 3.05) is 6.54 Å². The number of nitrogens with one attached hydrogen (secondary N) is 2. The zero-order valence-corrected chi connectivity index (χ0v) is 15.7. The maximum atomic E-state index is 12.6. The van der Waals surface area contributed by atoms with Gasteiger partial charge in [0, 0.05) is 23.7 Å². The van der Waals surface area contributed by atoms with Gasteiger partial charge in [-0.3, -0.25) is 9.59 Å². The smallest absolute Gasteiger partial charge is 0.251 e. The first-order valence-corrected chi connectivity index (χ1v) is 9.95. The van der Waals surface area contributed by atoms with Crippen LogP contribution in [-0.2, 0) is 6.42 Å². The lowest BCUT2D eigenvalue weighted by molar-refractivity contribution is 0.0933. The molecule has 0 aromatic heterocycles. The molecule has 0 bridgehead atoms. The topological polar surface area (TPSA) is 58.2 Å². The molecular weight excluding hydrogens is 336 g/mol. The standard InChI is InChI=1S/C23H28N2O2/c26-22(24-16-15-18-9-4-3-5-10-18)19-11-8-12-20(17-19)23(27)25-21-13-6-1-2-7-14-21/h3-5,8-12,17,21H,1-2,6-7,13-16H2,(H,24,26)(H,25,27). The minimum absolute atomic E-state index is 0.0826. The molecule has 2 aromatic rings. The Morgan fingerprint density at radius 3 is 2.19 bits per heavy atom. The van der Waals surface area contributed by atoms with Crippen LogP contribution in [0.3, 0.4) is 0 Å². The second-order valence-electron chi connectivity index (χ2n) is 7.23. The number of hydrogen-bond acceptors (Lipinski definition) is 2. The van der Waals surface area contributed by atoms with Gasteiger partial charge < -0.3 is 10.6 Å². The normalized spacial score (nSPS) is 15.0. The molecule has 27 heavy (non-hydrogen) atoms. The lowest BCUT2D eigenvalue weighted by atomic mass is 10.1. The van der Waals surface area contributed by atoms with Crippen molar-refractivity contribution in [3.8, 4) is 0 Å². The van der Waals surface area contributed by atoms with Crippen LogP contribution in [-0.4, -0.2) is 24.4 Å². The van der Waals surface area contributed by atoms with Gasteiger partial charge >= 0.3 is 0 Å². The molecular formula is C23H28N2O2. The van der Waals surface area contributed by atoms with Crippen molar-refractivity contribution in [1.82, 2.24) is 10.6 Å². The van der Waals surface area contributed by atoms with Gasteiger partial charge in [-0.25, -0.2) is 0 Å². The molecule has 0 atom stereocenters. The summed E-state index contributed by atoms with van der Waals surface area (Å²) in [4.78, 5) is 25.0. The average Bonchev–Trinajstić information content (AvgIpc) is 2.97. The van der Waals surface area contributed by atoms with Crippen molar-refractivity contribution in [2.24, 2.45) is 0 Å². The molecule has 0 aliphatic heterocycles. The van der Waals surface area contributed by atoms with E-state index in [2.05, 4.69) is 10.6 Å². The SMILES string of the molecule is O=C(NCCc1ccccc1)c1cccc(C(=O)NC2CCCCCC2)c1. The molecule has 2 amide bonds. The fourth-order valence-electron chi connectivity index (χ4n) is 3.56. The van der Waals surface area contributed by atoms with E-state index < -0.39 is 0 Å². The zero-order chi connectivity index (χ0) is 18.9. The summed E-state index contributed by atoms with van der Waals surface area (Å²) >= 11 is 0. The summed E-state index contributed by atoms with van der Waals surface area (Å²) < 4.78 is 0. The third kappa shape index (κ3) is 5.95. The lowest BCUT2D eigenvalue weighted by Gasteiger charge is -2.16. The summed E-state index contributed by atoms with van der Waals surface area (Å²) in [7, 11) is 0. The minimum atomic E-state index is -0.143. The average molecular weight is 364 g/mol. The van der Waals surface area contributed by atoms with Gasteiger partial charge in [0.25, 0.3) is 11.8 Å². The van der Waals surface area contributed by atoms with Gasteiger partial charge in [-0.2, -0.15) is 0 Å². The highest BCUT2D eigenvalue weighted by Gasteiger charge is 2.16. The predicted molar refractivity (Wildman–Crippen MR) is 108 cm³/mol. The summed E-state index contributed by atoms with van der Waals surface area (Å²) in [6, 6.07) is 17.3. The molecule has 0 radical (unpaired) electrons. The Bertz CT molecular complexity index is 750. The fourth-order valence-corrected chi connectivity index (χ4v) is 3.56. The summed E-state index contributed by atoms with van der Waals surface area (Å²) in [5, 5.41) is 6.07. The quantitative estimate of drug-likeness (QED) is 0.758. The first kappa shape index (κ1) is 19.2. The highest BCUT2D eigenvalue weighted by Crippen LogP contribution is 2.18. The largest absolute Gasteiger partial charge is 0.352 e. The van der Waals surface area contributed by atoms with Crippen molar-refractivity contribution in [2.45, 2.75) is 51.0 Å². The highest BCUT2D eigenvalue weighted by atomic mass is 16.2. The number of hydrogen-bond donors (Lipinski definition) is 2. The molecule has 1 fully saturated rings. The van der Waals surface area contributed by atoms with E-state index >= 15 is 0 Å².